The molecule has 0 aliphatic rings. The van der Waals surface area contributed by atoms with E-state index in [1.54, 1.807) is 31.4 Å². The second-order valence-electron chi connectivity index (χ2n) is 5.17. The molecule has 3 rings (SSSR count). The normalized spacial score (nSPS) is 10.5. The number of anilines is 1. The standard InChI is InChI=1S/C17H15ClN4O2/c1-10-3-8-14-13(9-10)15(20-17(18)19-14)21-22-16(23)11-4-6-12(24-2)7-5-11/h3-9H,1-2H3,(H,22,23)(H,19,20,21). The molecule has 2 aromatic carbocycles. The lowest BCUT2D eigenvalue weighted by Crippen LogP contribution is -2.30. The minimum atomic E-state index is -0.298. The number of ether oxygens (including phenoxy) is 1. The molecule has 122 valence electrons. The van der Waals surface area contributed by atoms with E-state index >= 15 is 0 Å². The molecule has 3 aromatic rings. The predicted molar refractivity (Wildman–Crippen MR) is 93.4 cm³/mol. The van der Waals surface area contributed by atoms with Crippen molar-refractivity contribution in [3.05, 3.63) is 58.9 Å². The molecule has 1 heterocycles. The van der Waals surface area contributed by atoms with Gasteiger partial charge in [0.25, 0.3) is 5.91 Å². The number of hydrazine groups is 1. The second kappa shape index (κ2) is 6.72. The van der Waals surface area contributed by atoms with Crippen LogP contribution in [0.2, 0.25) is 5.28 Å². The minimum Gasteiger partial charge on any atom is -0.497 e. The van der Waals surface area contributed by atoms with Crippen molar-refractivity contribution in [3.8, 4) is 5.75 Å². The molecule has 0 atom stereocenters. The van der Waals surface area contributed by atoms with Crippen LogP contribution >= 0.6 is 11.6 Å². The molecular weight excluding hydrogens is 328 g/mol. The zero-order valence-electron chi connectivity index (χ0n) is 13.1. The van der Waals surface area contributed by atoms with Gasteiger partial charge in [-0.15, -0.1) is 0 Å². The Morgan fingerprint density at radius 2 is 1.88 bits per heavy atom. The number of hydrogen-bond donors (Lipinski definition) is 2. The van der Waals surface area contributed by atoms with Crippen LogP contribution in [0.1, 0.15) is 15.9 Å². The fraction of sp³-hybridized carbons (Fsp3) is 0.118. The summed E-state index contributed by atoms with van der Waals surface area (Å²) in [5.41, 5.74) is 7.67. The van der Waals surface area contributed by atoms with E-state index in [1.807, 2.05) is 25.1 Å². The van der Waals surface area contributed by atoms with E-state index in [2.05, 4.69) is 20.8 Å². The molecule has 0 bridgehead atoms. The van der Waals surface area contributed by atoms with E-state index in [0.717, 1.165) is 10.9 Å². The molecule has 6 nitrogen and oxygen atoms in total. The molecule has 0 fully saturated rings. The van der Waals surface area contributed by atoms with Crippen LogP contribution in [0.25, 0.3) is 10.9 Å². The Hall–Kier alpha value is -2.86. The number of amides is 1. The summed E-state index contributed by atoms with van der Waals surface area (Å²) < 4.78 is 5.07. The quantitative estimate of drug-likeness (QED) is 0.561. The van der Waals surface area contributed by atoms with Crippen LogP contribution in [0, 0.1) is 6.92 Å². The molecular formula is C17H15ClN4O2. The Kier molecular flexibility index (Phi) is 4.48. The largest absolute Gasteiger partial charge is 0.497 e. The summed E-state index contributed by atoms with van der Waals surface area (Å²) in [4.78, 5) is 20.5. The van der Waals surface area contributed by atoms with Gasteiger partial charge in [-0.25, -0.2) is 4.98 Å². The van der Waals surface area contributed by atoms with Gasteiger partial charge in [0, 0.05) is 10.9 Å². The number of nitrogens with zero attached hydrogens (tertiary/aromatic N) is 2. The molecule has 7 heteroatoms. The number of carbonyl (C=O) groups is 1. The van der Waals surface area contributed by atoms with Crippen LogP contribution in [-0.4, -0.2) is 23.0 Å². The van der Waals surface area contributed by atoms with Crippen LogP contribution < -0.4 is 15.6 Å². The Balaban J connectivity index is 1.81. The molecule has 2 N–H and O–H groups in total. The molecule has 0 saturated carbocycles. The van der Waals surface area contributed by atoms with Crippen LogP contribution in [0.4, 0.5) is 5.82 Å². The Bertz CT molecular complexity index is 897. The SMILES string of the molecule is COc1ccc(C(=O)NNc2nc(Cl)nc3ccc(C)cc23)cc1. The lowest BCUT2D eigenvalue weighted by Gasteiger charge is -2.11. The number of rotatable bonds is 4. The average molecular weight is 343 g/mol. The maximum Gasteiger partial charge on any atom is 0.269 e. The molecule has 0 aliphatic carbocycles. The highest BCUT2D eigenvalue weighted by atomic mass is 35.5. The first-order valence-corrected chi connectivity index (χ1v) is 7.59. The van der Waals surface area contributed by atoms with Crippen molar-refractivity contribution in [2.45, 2.75) is 6.92 Å². The number of benzene rings is 2. The first-order valence-electron chi connectivity index (χ1n) is 7.21. The number of aromatic nitrogens is 2. The predicted octanol–water partition coefficient (Wildman–Crippen LogP) is 3.36. The van der Waals surface area contributed by atoms with Crippen LogP contribution in [0.5, 0.6) is 5.75 Å². The topological polar surface area (TPSA) is 76.1 Å². The smallest absolute Gasteiger partial charge is 0.269 e. The van der Waals surface area contributed by atoms with Gasteiger partial charge in [-0.2, -0.15) is 4.98 Å². The van der Waals surface area contributed by atoms with Crippen molar-refractivity contribution in [1.82, 2.24) is 15.4 Å². The Morgan fingerprint density at radius 1 is 1.12 bits per heavy atom. The van der Waals surface area contributed by atoms with E-state index in [0.29, 0.717) is 22.6 Å². The van der Waals surface area contributed by atoms with Crippen LogP contribution in [0.3, 0.4) is 0 Å². The lowest BCUT2D eigenvalue weighted by molar-refractivity contribution is 0.0962. The molecule has 0 aliphatic heterocycles. The molecule has 0 spiro atoms. The minimum absolute atomic E-state index is 0.104. The van der Waals surface area contributed by atoms with Gasteiger partial charge >= 0.3 is 0 Å². The number of hydrogen-bond acceptors (Lipinski definition) is 5. The third kappa shape index (κ3) is 3.38. The van der Waals surface area contributed by atoms with Crippen LogP contribution in [0.15, 0.2) is 42.5 Å². The van der Waals surface area contributed by atoms with Gasteiger partial charge in [0.05, 0.1) is 12.6 Å². The fourth-order valence-corrected chi connectivity index (χ4v) is 2.42. The van der Waals surface area contributed by atoms with E-state index in [9.17, 15) is 4.79 Å². The Labute approximate surface area is 143 Å². The van der Waals surface area contributed by atoms with Crippen molar-refractivity contribution >= 4 is 34.2 Å². The molecule has 0 saturated heterocycles. The summed E-state index contributed by atoms with van der Waals surface area (Å²) in [6, 6.07) is 12.5. The van der Waals surface area contributed by atoms with Crippen molar-refractivity contribution < 1.29 is 9.53 Å². The molecule has 0 radical (unpaired) electrons. The number of halogens is 1. The first-order chi connectivity index (χ1) is 11.6. The van der Waals surface area contributed by atoms with E-state index < -0.39 is 0 Å². The number of methoxy groups -OCH3 is 1. The highest BCUT2D eigenvalue weighted by Crippen LogP contribution is 2.22. The summed E-state index contributed by atoms with van der Waals surface area (Å²) in [5.74, 6) is 0.826. The summed E-state index contributed by atoms with van der Waals surface area (Å²) in [7, 11) is 1.57. The molecule has 1 aromatic heterocycles. The van der Waals surface area contributed by atoms with Gasteiger partial charge in [-0.1, -0.05) is 11.6 Å². The number of aryl methyl sites for hydroxylation is 1. The maximum atomic E-state index is 12.2. The fourth-order valence-electron chi connectivity index (χ4n) is 2.24. The molecule has 1 amide bonds. The van der Waals surface area contributed by atoms with Crippen molar-refractivity contribution in [3.63, 3.8) is 0 Å². The van der Waals surface area contributed by atoms with Gasteiger partial charge in [-0.3, -0.25) is 15.6 Å². The van der Waals surface area contributed by atoms with Gasteiger partial charge in [0.15, 0.2) is 5.82 Å². The van der Waals surface area contributed by atoms with E-state index in [-0.39, 0.29) is 11.2 Å². The van der Waals surface area contributed by atoms with Gasteiger partial charge < -0.3 is 4.74 Å². The number of fused-ring (bicyclic) bond motifs is 1. The van der Waals surface area contributed by atoms with E-state index in [4.69, 9.17) is 16.3 Å². The monoisotopic (exact) mass is 342 g/mol. The number of carbonyl (C=O) groups excluding carboxylic acids is 1. The summed E-state index contributed by atoms with van der Waals surface area (Å²) in [6.07, 6.45) is 0. The third-order valence-corrected chi connectivity index (χ3v) is 3.64. The van der Waals surface area contributed by atoms with Crippen molar-refractivity contribution in [2.75, 3.05) is 12.5 Å². The summed E-state index contributed by atoms with van der Waals surface area (Å²) in [6.45, 7) is 1.97. The Morgan fingerprint density at radius 3 is 2.58 bits per heavy atom. The highest BCUT2D eigenvalue weighted by Gasteiger charge is 2.09. The lowest BCUT2D eigenvalue weighted by atomic mass is 10.1. The maximum absolute atomic E-state index is 12.2. The highest BCUT2D eigenvalue weighted by molar-refractivity contribution is 6.28. The third-order valence-electron chi connectivity index (χ3n) is 3.47. The van der Waals surface area contributed by atoms with Gasteiger partial charge in [0.1, 0.15) is 5.75 Å². The molecule has 0 unspecified atom stereocenters. The van der Waals surface area contributed by atoms with Crippen molar-refractivity contribution in [1.29, 1.82) is 0 Å². The molecule has 24 heavy (non-hydrogen) atoms. The summed E-state index contributed by atoms with van der Waals surface area (Å²) in [5, 5.41) is 0.877. The van der Waals surface area contributed by atoms with Crippen molar-refractivity contribution in [2.24, 2.45) is 0 Å². The summed E-state index contributed by atoms with van der Waals surface area (Å²) >= 11 is 5.94. The zero-order chi connectivity index (χ0) is 17.1. The van der Waals surface area contributed by atoms with Gasteiger partial charge in [0.2, 0.25) is 5.28 Å². The zero-order valence-corrected chi connectivity index (χ0v) is 13.9. The second-order valence-corrected chi connectivity index (χ2v) is 5.51. The van der Waals surface area contributed by atoms with Gasteiger partial charge in [-0.05, 0) is 54.9 Å². The van der Waals surface area contributed by atoms with Crippen LogP contribution in [-0.2, 0) is 0 Å². The van der Waals surface area contributed by atoms with E-state index in [1.165, 1.54) is 0 Å². The first kappa shape index (κ1) is 16.0. The number of nitrogens with one attached hydrogen (secondary N) is 2. The average Bonchev–Trinajstić information content (AvgIpc) is 2.60.